The molecule has 0 atom stereocenters. The Morgan fingerprint density at radius 2 is 1.83 bits per heavy atom. The van der Waals surface area contributed by atoms with Crippen molar-refractivity contribution in [1.29, 1.82) is 0 Å². The number of nitrogens with one attached hydrogen (secondary N) is 1. The van der Waals surface area contributed by atoms with Crippen LogP contribution in [0.5, 0.6) is 5.75 Å². The number of anilines is 3. The fraction of sp³-hybridized carbons (Fsp3) is 0.261. The molecule has 7 heteroatoms. The molecule has 0 saturated carbocycles. The predicted molar refractivity (Wildman–Crippen MR) is 120 cm³/mol. The van der Waals surface area contributed by atoms with Gasteiger partial charge in [0.1, 0.15) is 17.1 Å². The molecule has 1 aromatic heterocycles. The fourth-order valence-corrected chi connectivity index (χ4v) is 2.96. The first kappa shape index (κ1) is 21.1. The van der Waals surface area contributed by atoms with E-state index in [-0.39, 0.29) is 23.3 Å². The van der Waals surface area contributed by atoms with Gasteiger partial charge in [0, 0.05) is 24.5 Å². The lowest BCUT2D eigenvalue weighted by Gasteiger charge is -2.27. The zero-order valence-electron chi connectivity index (χ0n) is 17.5. The Kier molecular flexibility index (Phi) is 6.85. The van der Waals surface area contributed by atoms with Crippen molar-refractivity contribution in [3.63, 3.8) is 0 Å². The van der Waals surface area contributed by atoms with Gasteiger partial charge >= 0.3 is 0 Å². The number of nitrogens with zero attached hydrogens (tertiary/aromatic N) is 3. The van der Waals surface area contributed by atoms with Crippen molar-refractivity contribution < 1.29 is 9.53 Å². The van der Waals surface area contributed by atoms with Crippen molar-refractivity contribution in [3.05, 3.63) is 71.9 Å². The number of nitrogens with two attached hydrogens (primary N) is 1. The van der Waals surface area contributed by atoms with E-state index in [0.717, 1.165) is 11.3 Å². The number of benzene rings is 2. The number of ether oxygens (including phenoxy) is 1. The highest BCUT2D eigenvalue weighted by atomic mass is 16.5. The zero-order chi connectivity index (χ0) is 21.5. The zero-order valence-corrected chi connectivity index (χ0v) is 17.5. The maximum absolute atomic E-state index is 12.6. The van der Waals surface area contributed by atoms with Crippen molar-refractivity contribution in [2.24, 2.45) is 0 Å². The van der Waals surface area contributed by atoms with Gasteiger partial charge in [0.2, 0.25) is 5.95 Å². The Morgan fingerprint density at radius 3 is 2.43 bits per heavy atom. The second kappa shape index (κ2) is 9.73. The van der Waals surface area contributed by atoms with Crippen molar-refractivity contribution in [1.82, 2.24) is 9.97 Å². The topological polar surface area (TPSA) is 93.4 Å². The van der Waals surface area contributed by atoms with E-state index in [1.165, 1.54) is 6.20 Å². The van der Waals surface area contributed by atoms with Crippen LogP contribution in [-0.4, -0.2) is 28.5 Å². The molecule has 0 saturated heterocycles. The molecule has 0 bridgehead atoms. The maximum Gasteiger partial charge on any atom is 0.260 e. The Labute approximate surface area is 176 Å². The Hall–Kier alpha value is -3.61. The average Bonchev–Trinajstić information content (AvgIpc) is 2.74. The largest absolute Gasteiger partial charge is 0.494 e. The summed E-state index contributed by atoms with van der Waals surface area (Å²) in [6.45, 7) is 7.28. The summed E-state index contributed by atoms with van der Waals surface area (Å²) >= 11 is 0. The molecule has 0 unspecified atom stereocenters. The van der Waals surface area contributed by atoms with E-state index in [4.69, 9.17) is 10.5 Å². The van der Waals surface area contributed by atoms with E-state index < -0.39 is 0 Å². The predicted octanol–water partition coefficient (Wildman–Crippen LogP) is 4.12. The second-order valence-corrected chi connectivity index (χ2v) is 7.09. The molecule has 1 heterocycles. The molecule has 0 fully saturated rings. The summed E-state index contributed by atoms with van der Waals surface area (Å²) in [5.74, 6) is 1.02. The first-order chi connectivity index (χ1) is 14.5. The number of rotatable bonds is 8. The van der Waals surface area contributed by atoms with Gasteiger partial charge in [0.15, 0.2) is 0 Å². The second-order valence-electron chi connectivity index (χ2n) is 7.09. The molecule has 7 nitrogen and oxygen atoms in total. The summed E-state index contributed by atoms with van der Waals surface area (Å²) in [4.78, 5) is 23.5. The Balaban J connectivity index is 1.75. The molecular formula is C23H27N5O2. The fourth-order valence-electron chi connectivity index (χ4n) is 2.96. The third-order valence-corrected chi connectivity index (χ3v) is 4.55. The minimum absolute atomic E-state index is 0.141. The van der Waals surface area contributed by atoms with E-state index in [0.29, 0.717) is 24.8 Å². The smallest absolute Gasteiger partial charge is 0.260 e. The van der Waals surface area contributed by atoms with Crippen LogP contribution in [0.3, 0.4) is 0 Å². The number of hydrogen-bond acceptors (Lipinski definition) is 6. The van der Waals surface area contributed by atoms with Crippen LogP contribution >= 0.6 is 0 Å². The molecule has 156 valence electrons. The number of amides is 1. The van der Waals surface area contributed by atoms with Crippen molar-refractivity contribution in [3.8, 4) is 5.75 Å². The highest BCUT2D eigenvalue weighted by Gasteiger charge is 2.18. The molecule has 3 aromatic rings. The molecule has 3 N–H and O–H groups in total. The lowest BCUT2D eigenvalue weighted by Crippen LogP contribution is -2.32. The summed E-state index contributed by atoms with van der Waals surface area (Å²) in [7, 11) is 0. The quantitative estimate of drug-likeness (QED) is 0.585. The van der Waals surface area contributed by atoms with Gasteiger partial charge in [-0.3, -0.25) is 4.79 Å². The maximum atomic E-state index is 12.6. The first-order valence-corrected chi connectivity index (χ1v) is 9.95. The van der Waals surface area contributed by atoms with Crippen LogP contribution in [0.15, 0.2) is 60.8 Å². The molecule has 0 aliphatic carbocycles. The Bertz CT molecular complexity index is 975. The first-order valence-electron chi connectivity index (χ1n) is 9.95. The van der Waals surface area contributed by atoms with Gasteiger partial charge in [-0.25, -0.2) is 4.98 Å². The van der Waals surface area contributed by atoms with Gasteiger partial charge in [-0.2, -0.15) is 4.98 Å². The molecule has 30 heavy (non-hydrogen) atoms. The van der Waals surface area contributed by atoms with Crippen LogP contribution in [0.2, 0.25) is 0 Å². The highest BCUT2D eigenvalue weighted by Crippen LogP contribution is 2.21. The summed E-state index contributed by atoms with van der Waals surface area (Å²) in [6, 6.07) is 17.4. The van der Waals surface area contributed by atoms with Gasteiger partial charge in [-0.1, -0.05) is 30.3 Å². The van der Waals surface area contributed by atoms with Crippen LogP contribution in [0, 0.1) is 0 Å². The SMILES string of the molecule is CCOc1ccc(NC(=O)c2cnc(N(Cc3ccccc3)C(C)C)nc2N)cc1. The molecule has 0 aliphatic heterocycles. The lowest BCUT2D eigenvalue weighted by molar-refractivity contribution is 0.102. The molecule has 0 aliphatic rings. The monoisotopic (exact) mass is 405 g/mol. The van der Waals surface area contributed by atoms with Crippen molar-refractivity contribution in [2.45, 2.75) is 33.4 Å². The van der Waals surface area contributed by atoms with Gasteiger partial charge in [0.05, 0.1) is 6.61 Å². The molecule has 3 rings (SSSR count). The number of aromatic nitrogens is 2. The van der Waals surface area contributed by atoms with E-state index in [1.54, 1.807) is 24.3 Å². The normalized spacial score (nSPS) is 10.7. The number of hydrogen-bond donors (Lipinski definition) is 2. The third kappa shape index (κ3) is 5.26. The minimum atomic E-state index is -0.359. The van der Waals surface area contributed by atoms with E-state index >= 15 is 0 Å². The molecule has 0 radical (unpaired) electrons. The van der Waals surface area contributed by atoms with Gasteiger partial charge in [-0.05, 0) is 50.6 Å². The van der Waals surface area contributed by atoms with Crippen LogP contribution in [0.4, 0.5) is 17.5 Å². The highest BCUT2D eigenvalue weighted by molar-refractivity contribution is 6.07. The molecule has 0 spiro atoms. The minimum Gasteiger partial charge on any atom is -0.494 e. The van der Waals surface area contributed by atoms with Crippen LogP contribution in [0.25, 0.3) is 0 Å². The average molecular weight is 406 g/mol. The molecule has 2 aromatic carbocycles. The number of nitrogen functional groups attached to an aromatic ring is 1. The molecule has 1 amide bonds. The van der Waals surface area contributed by atoms with Gasteiger partial charge < -0.3 is 20.7 Å². The van der Waals surface area contributed by atoms with E-state index in [2.05, 4.69) is 41.3 Å². The summed E-state index contributed by atoms with van der Waals surface area (Å²) < 4.78 is 5.41. The van der Waals surface area contributed by atoms with Gasteiger partial charge in [0.25, 0.3) is 5.91 Å². The van der Waals surface area contributed by atoms with Crippen molar-refractivity contribution in [2.75, 3.05) is 22.6 Å². The summed E-state index contributed by atoms with van der Waals surface area (Å²) in [5, 5.41) is 2.81. The van der Waals surface area contributed by atoms with E-state index in [9.17, 15) is 4.79 Å². The summed E-state index contributed by atoms with van der Waals surface area (Å²) in [6.07, 6.45) is 1.47. The third-order valence-electron chi connectivity index (χ3n) is 4.55. The standard InChI is InChI=1S/C23H27N5O2/c1-4-30-19-12-10-18(11-13-19)26-22(29)20-14-25-23(27-21(20)24)28(16(2)3)15-17-8-6-5-7-9-17/h5-14,16H,4,15H2,1-3H3,(H,26,29)(H2,24,25,27). The van der Waals surface area contributed by atoms with Gasteiger partial charge in [-0.15, -0.1) is 0 Å². The van der Waals surface area contributed by atoms with E-state index in [1.807, 2.05) is 30.0 Å². The Morgan fingerprint density at radius 1 is 1.13 bits per heavy atom. The lowest BCUT2D eigenvalue weighted by atomic mass is 10.2. The van der Waals surface area contributed by atoms with Crippen LogP contribution in [0.1, 0.15) is 36.7 Å². The summed E-state index contributed by atoms with van der Waals surface area (Å²) in [5.41, 5.74) is 8.13. The van der Waals surface area contributed by atoms with Crippen LogP contribution < -0.4 is 20.7 Å². The van der Waals surface area contributed by atoms with Crippen molar-refractivity contribution >= 4 is 23.4 Å². The molecular weight excluding hydrogens is 378 g/mol. The number of carbonyl (C=O) groups is 1. The van der Waals surface area contributed by atoms with Crippen LogP contribution in [-0.2, 0) is 6.54 Å². The number of carbonyl (C=O) groups excluding carboxylic acids is 1.